The van der Waals surface area contributed by atoms with Crippen LogP contribution in [0.25, 0.3) is 17.0 Å². The van der Waals surface area contributed by atoms with Crippen LogP contribution in [0.5, 0.6) is 0 Å². The van der Waals surface area contributed by atoms with E-state index in [0.717, 1.165) is 48.3 Å². The molecule has 11 heteroatoms. The number of para-hydroxylation sites is 1. The summed E-state index contributed by atoms with van der Waals surface area (Å²) in [6.45, 7) is 0. The predicted octanol–water partition coefficient (Wildman–Crippen LogP) is 3.38. The number of hydrogen-bond donors (Lipinski definition) is 3. The highest BCUT2D eigenvalue weighted by Gasteiger charge is 2.27. The van der Waals surface area contributed by atoms with Crippen molar-refractivity contribution in [3.05, 3.63) is 59.4 Å². The molecule has 1 atom stereocenters. The molecule has 2 aromatic heterocycles. The molecule has 0 spiro atoms. The minimum Gasteiger partial charge on any atom is -0.593 e. The van der Waals surface area contributed by atoms with Gasteiger partial charge < -0.3 is 9.87 Å². The van der Waals surface area contributed by atoms with Crippen molar-refractivity contribution in [3.8, 4) is 0 Å². The van der Waals surface area contributed by atoms with Crippen molar-refractivity contribution >= 4 is 57.2 Å². The van der Waals surface area contributed by atoms with E-state index in [1.807, 2.05) is 30.3 Å². The summed E-state index contributed by atoms with van der Waals surface area (Å²) in [7, 11) is 0. The highest BCUT2D eigenvalue weighted by Crippen LogP contribution is 2.27. The summed E-state index contributed by atoms with van der Waals surface area (Å²) in [6, 6.07) is 11.6. The maximum atomic E-state index is 13.0. The molecular formula is C23H22N6O3S2. The molecule has 2 amide bonds. The summed E-state index contributed by atoms with van der Waals surface area (Å²) in [5, 5.41) is 6.18. The maximum absolute atomic E-state index is 13.0. The molecule has 9 nitrogen and oxygen atoms in total. The Bertz CT molecular complexity index is 1260. The number of thioether (sulfide) groups is 1. The molecule has 1 saturated heterocycles. The van der Waals surface area contributed by atoms with Crippen LogP contribution >= 0.6 is 11.8 Å². The lowest BCUT2D eigenvalue weighted by molar-refractivity contribution is -0.115. The number of nitrogens with zero attached hydrogens (tertiary/aromatic N) is 3. The molecule has 1 aromatic carbocycles. The second kappa shape index (κ2) is 10.1. The molecule has 1 saturated carbocycles. The third-order valence-electron chi connectivity index (χ3n) is 5.73. The highest BCUT2D eigenvalue weighted by molar-refractivity contribution is 8.18. The number of hydrogen-bond acceptors (Lipinski definition) is 9. The van der Waals surface area contributed by atoms with Gasteiger partial charge in [0.1, 0.15) is 5.52 Å². The van der Waals surface area contributed by atoms with E-state index < -0.39 is 17.3 Å². The molecule has 1 aliphatic carbocycles. The Balaban J connectivity index is 1.16. The van der Waals surface area contributed by atoms with Crippen LogP contribution in [0.15, 0.2) is 58.6 Å². The van der Waals surface area contributed by atoms with Gasteiger partial charge in [0.25, 0.3) is 11.1 Å². The van der Waals surface area contributed by atoms with Crippen molar-refractivity contribution in [2.24, 2.45) is 0 Å². The second-order valence-corrected chi connectivity index (χ2v) is 10.3. The fourth-order valence-corrected chi connectivity index (χ4v) is 5.94. The summed E-state index contributed by atoms with van der Waals surface area (Å²) in [4.78, 5) is 37.2. The Morgan fingerprint density at radius 3 is 2.62 bits per heavy atom. The van der Waals surface area contributed by atoms with Crippen LogP contribution in [0, 0.1) is 0 Å². The zero-order valence-electron chi connectivity index (χ0n) is 18.1. The predicted molar refractivity (Wildman–Crippen MR) is 132 cm³/mol. The third-order valence-corrected chi connectivity index (χ3v) is 7.81. The largest absolute Gasteiger partial charge is 0.593 e. The van der Waals surface area contributed by atoms with Gasteiger partial charge >= 0.3 is 0 Å². The number of fused-ring (bicyclic) bond motifs is 1. The normalized spacial score (nSPS) is 22.7. The molecule has 2 fully saturated rings. The van der Waals surface area contributed by atoms with Crippen LogP contribution in [0.4, 0.5) is 10.7 Å². The number of carbonyl (C=O) groups excluding carboxylic acids is 2. The zero-order chi connectivity index (χ0) is 23.5. The SMILES string of the molecule is O=C1NC(=O)/C(=C/c2ccnc(N[C@H]3CC[C@H](N[S+]([O-])c4cccc5cccnc45)CC3)n2)S1. The second-order valence-electron chi connectivity index (χ2n) is 8.07. The van der Waals surface area contributed by atoms with Crippen LogP contribution < -0.4 is 15.4 Å². The maximum Gasteiger partial charge on any atom is 0.290 e. The van der Waals surface area contributed by atoms with Crippen molar-refractivity contribution in [2.45, 2.75) is 42.7 Å². The van der Waals surface area contributed by atoms with E-state index in [4.69, 9.17) is 0 Å². The molecule has 174 valence electrons. The smallest absolute Gasteiger partial charge is 0.290 e. The first-order valence-electron chi connectivity index (χ1n) is 10.9. The van der Waals surface area contributed by atoms with E-state index in [1.165, 1.54) is 0 Å². The van der Waals surface area contributed by atoms with E-state index in [0.29, 0.717) is 21.4 Å². The molecule has 34 heavy (non-hydrogen) atoms. The summed E-state index contributed by atoms with van der Waals surface area (Å²) in [5.41, 5.74) is 1.32. The summed E-state index contributed by atoms with van der Waals surface area (Å²) in [6.07, 6.45) is 8.41. The lowest BCUT2D eigenvalue weighted by Crippen LogP contribution is -2.40. The minimum absolute atomic E-state index is 0.144. The Kier molecular flexibility index (Phi) is 6.77. The Labute approximate surface area is 203 Å². The molecule has 5 rings (SSSR count). The van der Waals surface area contributed by atoms with Crippen molar-refractivity contribution < 1.29 is 14.1 Å². The summed E-state index contributed by atoms with van der Waals surface area (Å²) >= 11 is -0.480. The van der Waals surface area contributed by atoms with E-state index in [9.17, 15) is 14.1 Å². The molecule has 1 unspecified atom stereocenters. The van der Waals surface area contributed by atoms with Gasteiger partial charge in [-0.05, 0) is 61.7 Å². The van der Waals surface area contributed by atoms with Crippen LogP contribution in [-0.2, 0) is 16.2 Å². The number of aromatic nitrogens is 3. The topological polar surface area (TPSA) is 132 Å². The molecule has 0 bridgehead atoms. The number of benzene rings is 1. The van der Waals surface area contributed by atoms with Gasteiger partial charge in [0.2, 0.25) is 5.95 Å². The first-order chi connectivity index (χ1) is 16.5. The monoisotopic (exact) mass is 494 g/mol. The van der Waals surface area contributed by atoms with Gasteiger partial charge in [-0.25, -0.2) is 9.97 Å². The minimum atomic E-state index is -1.34. The molecule has 0 radical (unpaired) electrons. The Hall–Kier alpha value is -2.99. The lowest BCUT2D eigenvalue weighted by atomic mass is 9.92. The van der Waals surface area contributed by atoms with Gasteiger partial charge in [0.15, 0.2) is 4.90 Å². The van der Waals surface area contributed by atoms with Crippen molar-refractivity contribution in [1.29, 1.82) is 0 Å². The van der Waals surface area contributed by atoms with Crippen LogP contribution in [0.2, 0.25) is 0 Å². The highest BCUT2D eigenvalue weighted by atomic mass is 32.2. The standard InChI is InChI=1S/C23H22N6O3S2/c30-21-18(33-23(31)28-21)13-17-10-12-25-22(27-17)26-15-6-8-16(9-7-15)29-34(32)19-5-1-3-14-4-2-11-24-20(14)19/h1-5,10-13,15-16,29H,6-9H2,(H,25,26,27)(H,28,30,31)/b18-13-/t15-,16-,34?. The van der Waals surface area contributed by atoms with Crippen molar-refractivity contribution in [3.63, 3.8) is 0 Å². The molecule has 3 heterocycles. The number of nitrogens with one attached hydrogen (secondary N) is 3. The number of pyridine rings is 1. The number of anilines is 1. The first-order valence-corrected chi connectivity index (χ1v) is 12.9. The number of carbonyl (C=O) groups is 2. The number of rotatable bonds is 6. The molecule has 2 aliphatic rings. The van der Waals surface area contributed by atoms with E-state index in [2.05, 4.69) is 30.3 Å². The van der Waals surface area contributed by atoms with Gasteiger partial charge in [-0.3, -0.25) is 19.9 Å². The Morgan fingerprint density at radius 1 is 1.03 bits per heavy atom. The van der Waals surface area contributed by atoms with Gasteiger partial charge in [-0.2, -0.15) is 0 Å². The lowest BCUT2D eigenvalue weighted by Gasteiger charge is -2.29. The fourth-order valence-electron chi connectivity index (χ4n) is 4.06. The van der Waals surface area contributed by atoms with Crippen LogP contribution in [0.3, 0.4) is 0 Å². The molecule has 3 aromatic rings. The summed E-state index contributed by atoms with van der Waals surface area (Å²) < 4.78 is 16.3. The van der Waals surface area contributed by atoms with E-state index in [-0.39, 0.29) is 17.3 Å². The van der Waals surface area contributed by atoms with E-state index >= 15 is 0 Å². The van der Waals surface area contributed by atoms with Crippen molar-refractivity contribution in [2.75, 3.05) is 5.32 Å². The van der Waals surface area contributed by atoms with Crippen LogP contribution in [0.1, 0.15) is 31.4 Å². The van der Waals surface area contributed by atoms with Gasteiger partial charge in [-0.1, -0.05) is 18.2 Å². The zero-order valence-corrected chi connectivity index (χ0v) is 19.7. The van der Waals surface area contributed by atoms with E-state index in [1.54, 1.807) is 24.5 Å². The summed E-state index contributed by atoms with van der Waals surface area (Å²) in [5.74, 6) is 0.0662. The third kappa shape index (κ3) is 5.22. The van der Waals surface area contributed by atoms with Gasteiger partial charge in [0.05, 0.1) is 28.0 Å². The van der Waals surface area contributed by atoms with Crippen LogP contribution in [-0.4, -0.2) is 42.7 Å². The average Bonchev–Trinajstić information content (AvgIpc) is 3.16. The number of amides is 2. The van der Waals surface area contributed by atoms with Gasteiger partial charge in [0, 0.05) is 23.8 Å². The molecule has 3 N–H and O–H groups in total. The molecule has 1 aliphatic heterocycles. The molecular weight excluding hydrogens is 472 g/mol. The van der Waals surface area contributed by atoms with Crippen molar-refractivity contribution in [1.82, 2.24) is 25.0 Å². The van der Waals surface area contributed by atoms with Gasteiger partial charge in [-0.15, -0.1) is 4.72 Å². The quantitative estimate of drug-likeness (QED) is 0.348. The first kappa shape index (κ1) is 22.8. The fraction of sp³-hybridized carbons (Fsp3) is 0.261. The number of imide groups is 1. The Morgan fingerprint density at radius 2 is 1.82 bits per heavy atom. The average molecular weight is 495 g/mol.